The number of alkyl halides is 3. The predicted molar refractivity (Wildman–Crippen MR) is 102 cm³/mol. The Kier molecular flexibility index (Phi) is 6.70. The summed E-state index contributed by atoms with van der Waals surface area (Å²) in [6.07, 6.45) is -4.40. The molecule has 1 saturated heterocycles. The molecule has 2 aromatic carbocycles. The Hall–Kier alpha value is -2.38. The van der Waals surface area contributed by atoms with Gasteiger partial charge in [0.15, 0.2) is 0 Å². The van der Waals surface area contributed by atoms with Crippen LogP contribution < -0.4 is 10.6 Å². The smallest absolute Gasteiger partial charge is 0.353 e. The molecule has 28 heavy (non-hydrogen) atoms. The number of nitrogens with one attached hydrogen (secondary N) is 2. The van der Waals surface area contributed by atoms with Crippen LogP contribution in [-0.2, 0) is 4.79 Å². The van der Waals surface area contributed by atoms with Crippen molar-refractivity contribution in [2.45, 2.75) is 18.1 Å². The molecule has 1 heterocycles. The third kappa shape index (κ3) is 5.11. The first-order chi connectivity index (χ1) is 13.5. The van der Waals surface area contributed by atoms with Crippen molar-refractivity contribution in [3.05, 3.63) is 71.8 Å². The van der Waals surface area contributed by atoms with Crippen molar-refractivity contribution in [1.82, 2.24) is 15.5 Å². The maximum absolute atomic E-state index is 13.6. The van der Waals surface area contributed by atoms with Gasteiger partial charge in [-0.1, -0.05) is 60.7 Å². The van der Waals surface area contributed by atoms with Crippen LogP contribution in [0.2, 0.25) is 0 Å². The quantitative estimate of drug-likeness (QED) is 0.796. The van der Waals surface area contributed by atoms with E-state index in [-0.39, 0.29) is 0 Å². The molecule has 4 nitrogen and oxygen atoms in total. The molecule has 7 heteroatoms. The SMILES string of the molecule is O=C(NCC(N1CCNCC1)C(F)(F)F)C(c1ccccc1)c1ccccc1. The van der Waals surface area contributed by atoms with Crippen LogP contribution in [0.25, 0.3) is 0 Å². The van der Waals surface area contributed by atoms with E-state index in [0.717, 1.165) is 11.1 Å². The number of nitrogens with zero attached hydrogens (tertiary/aromatic N) is 1. The fraction of sp³-hybridized carbons (Fsp3) is 0.381. The van der Waals surface area contributed by atoms with Crippen LogP contribution in [0.3, 0.4) is 0 Å². The van der Waals surface area contributed by atoms with Crippen molar-refractivity contribution in [3.8, 4) is 0 Å². The summed E-state index contributed by atoms with van der Waals surface area (Å²) in [5.74, 6) is -1.08. The number of amides is 1. The highest BCUT2D eigenvalue weighted by atomic mass is 19.4. The summed E-state index contributed by atoms with van der Waals surface area (Å²) in [6, 6.07) is 16.5. The highest BCUT2D eigenvalue weighted by Gasteiger charge is 2.44. The Morgan fingerprint density at radius 3 is 1.93 bits per heavy atom. The van der Waals surface area contributed by atoms with Gasteiger partial charge in [0.05, 0.1) is 5.92 Å². The van der Waals surface area contributed by atoms with E-state index in [9.17, 15) is 18.0 Å². The van der Waals surface area contributed by atoms with E-state index in [0.29, 0.717) is 26.2 Å². The zero-order valence-electron chi connectivity index (χ0n) is 15.5. The van der Waals surface area contributed by atoms with Gasteiger partial charge in [-0.3, -0.25) is 9.69 Å². The molecular formula is C21H24F3N3O. The molecule has 1 atom stereocenters. The molecule has 1 aliphatic rings. The largest absolute Gasteiger partial charge is 0.405 e. The minimum atomic E-state index is -4.40. The Bertz CT molecular complexity index is 707. The number of carbonyl (C=O) groups is 1. The van der Waals surface area contributed by atoms with Crippen LogP contribution in [0.1, 0.15) is 17.0 Å². The average Bonchev–Trinajstić information content (AvgIpc) is 2.70. The van der Waals surface area contributed by atoms with Crippen LogP contribution in [0.4, 0.5) is 13.2 Å². The van der Waals surface area contributed by atoms with Crippen LogP contribution in [0, 0.1) is 0 Å². The van der Waals surface area contributed by atoms with Crippen LogP contribution in [0.15, 0.2) is 60.7 Å². The number of rotatable bonds is 6. The minimum absolute atomic E-state index is 0.306. The fourth-order valence-electron chi connectivity index (χ4n) is 3.53. The van der Waals surface area contributed by atoms with E-state index in [4.69, 9.17) is 0 Å². The molecule has 0 aliphatic carbocycles. The molecule has 0 spiro atoms. The van der Waals surface area contributed by atoms with E-state index in [1.807, 2.05) is 60.7 Å². The maximum atomic E-state index is 13.6. The van der Waals surface area contributed by atoms with Gasteiger partial charge in [0.25, 0.3) is 0 Å². The van der Waals surface area contributed by atoms with Crippen LogP contribution in [0.5, 0.6) is 0 Å². The van der Waals surface area contributed by atoms with E-state index in [1.54, 1.807) is 0 Å². The molecule has 0 bridgehead atoms. The number of hydrogen-bond acceptors (Lipinski definition) is 3. The topological polar surface area (TPSA) is 44.4 Å². The van der Waals surface area contributed by atoms with Crippen molar-refractivity contribution in [1.29, 1.82) is 0 Å². The van der Waals surface area contributed by atoms with Gasteiger partial charge in [0.2, 0.25) is 5.91 Å². The van der Waals surface area contributed by atoms with Crippen molar-refractivity contribution in [2.75, 3.05) is 32.7 Å². The van der Waals surface area contributed by atoms with E-state index in [2.05, 4.69) is 10.6 Å². The predicted octanol–water partition coefficient (Wildman–Crippen LogP) is 2.77. The summed E-state index contributed by atoms with van der Waals surface area (Å²) in [5.41, 5.74) is 1.49. The van der Waals surface area contributed by atoms with Crippen molar-refractivity contribution in [2.24, 2.45) is 0 Å². The molecule has 0 aromatic heterocycles. The van der Waals surface area contributed by atoms with E-state index >= 15 is 0 Å². The normalized spacial score (nSPS) is 16.7. The standard InChI is InChI=1S/C21H24F3N3O/c22-21(23,24)18(27-13-11-25-12-14-27)15-26-20(28)19(16-7-3-1-4-8-16)17-9-5-2-6-10-17/h1-10,18-19,25H,11-15H2,(H,26,28). The highest BCUT2D eigenvalue weighted by molar-refractivity contribution is 5.87. The lowest BCUT2D eigenvalue weighted by atomic mass is 9.90. The molecule has 3 rings (SSSR count). The molecule has 1 amide bonds. The van der Waals surface area contributed by atoms with Gasteiger partial charge in [-0.15, -0.1) is 0 Å². The van der Waals surface area contributed by atoms with Gasteiger partial charge in [-0.2, -0.15) is 13.2 Å². The van der Waals surface area contributed by atoms with Gasteiger partial charge >= 0.3 is 6.18 Å². The Morgan fingerprint density at radius 1 is 0.964 bits per heavy atom. The highest BCUT2D eigenvalue weighted by Crippen LogP contribution is 2.27. The zero-order valence-corrected chi connectivity index (χ0v) is 15.5. The lowest BCUT2D eigenvalue weighted by Gasteiger charge is -2.36. The van der Waals surface area contributed by atoms with Gasteiger partial charge in [-0.05, 0) is 11.1 Å². The fourth-order valence-corrected chi connectivity index (χ4v) is 3.53. The molecule has 2 aromatic rings. The first-order valence-electron chi connectivity index (χ1n) is 9.36. The average molecular weight is 391 g/mol. The molecule has 1 fully saturated rings. The number of piperazine rings is 1. The second kappa shape index (κ2) is 9.21. The van der Waals surface area contributed by atoms with Crippen LogP contribution >= 0.6 is 0 Å². The summed E-state index contributed by atoms with van der Waals surface area (Å²) in [5, 5.41) is 5.61. The zero-order chi connectivity index (χ0) is 20.0. The molecule has 0 saturated carbocycles. The number of halogens is 3. The first-order valence-corrected chi connectivity index (χ1v) is 9.36. The molecule has 1 unspecified atom stereocenters. The van der Waals surface area contributed by atoms with Crippen molar-refractivity contribution in [3.63, 3.8) is 0 Å². The maximum Gasteiger partial charge on any atom is 0.405 e. The van der Waals surface area contributed by atoms with E-state index < -0.39 is 30.6 Å². The first kappa shape index (κ1) is 20.4. The summed E-state index contributed by atoms with van der Waals surface area (Å²) in [6.45, 7) is 1.18. The summed E-state index contributed by atoms with van der Waals surface area (Å²) >= 11 is 0. The van der Waals surface area contributed by atoms with Gasteiger partial charge in [0, 0.05) is 32.7 Å². The number of benzene rings is 2. The lowest BCUT2D eigenvalue weighted by Crippen LogP contribution is -2.57. The Balaban J connectivity index is 1.77. The van der Waals surface area contributed by atoms with Crippen molar-refractivity contribution < 1.29 is 18.0 Å². The summed E-state index contributed by atoms with van der Waals surface area (Å²) in [7, 11) is 0. The molecule has 1 aliphatic heterocycles. The number of carbonyl (C=O) groups excluding carboxylic acids is 1. The van der Waals surface area contributed by atoms with Gasteiger partial charge < -0.3 is 10.6 Å². The monoisotopic (exact) mass is 391 g/mol. The van der Waals surface area contributed by atoms with E-state index in [1.165, 1.54) is 4.90 Å². The van der Waals surface area contributed by atoms with Crippen molar-refractivity contribution >= 4 is 5.91 Å². The van der Waals surface area contributed by atoms with Gasteiger partial charge in [0.1, 0.15) is 6.04 Å². The Morgan fingerprint density at radius 2 is 1.46 bits per heavy atom. The van der Waals surface area contributed by atoms with Crippen LogP contribution in [-0.4, -0.2) is 55.7 Å². The minimum Gasteiger partial charge on any atom is -0.353 e. The lowest BCUT2D eigenvalue weighted by molar-refractivity contribution is -0.184. The third-order valence-corrected chi connectivity index (χ3v) is 4.97. The van der Waals surface area contributed by atoms with Gasteiger partial charge in [-0.25, -0.2) is 0 Å². The second-order valence-electron chi connectivity index (χ2n) is 6.84. The summed E-state index contributed by atoms with van der Waals surface area (Å²) < 4.78 is 40.8. The molecule has 2 N–H and O–H groups in total. The number of hydrogen-bond donors (Lipinski definition) is 2. The molecule has 0 radical (unpaired) electrons. The third-order valence-electron chi connectivity index (χ3n) is 4.97. The molecular weight excluding hydrogens is 367 g/mol. The second-order valence-corrected chi connectivity index (χ2v) is 6.84. The summed E-state index contributed by atoms with van der Waals surface area (Å²) in [4.78, 5) is 14.3. The molecule has 150 valence electrons. The Labute approximate surface area is 162 Å².